The number of carbonyl (C=O) groups is 1. The molecule has 5 rings (SSSR count). The van der Waals surface area contributed by atoms with E-state index in [0.717, 1.165) is 26.6 Å². The number of hydrogen-bond donors (Lipinski definition) is 4. The number of thioether (sulfide) groups is 2. The van der Waals surface area contributed by atoms with Gasteiger partial charge in [0.1, 0.15) is 0 Å². The highest BCUT2D eigenvalue weighted by Crippen LogP contribution is 2.28. The molecule has 0 saturated carbocycles. The smallest absolute Gasteiger partial charge is 0.240 e. The second kappa shape index (κ2) is 11.2. The number of rotatable bonds is 10. The van der Waals surface area contributed by atoms with E-state index in [9.17, 15) is 4.79 Å². The summed E-state index contributed by atoms with van der Waals surface area (Å²) in [5.74, 6) is 1.12. The molecular formula is C22H19N9OS3. The molecule has 3 aromatic heterocycles. The molecule has 0 radical (unpaired) electrons. The summed E-state index contributed by atoms with van der Waals surface area (Å²) in [5, 5.41) is 24.0. The standard InChI is InChI=1S/C22H19N9OS3/c32-18(25-21-30-31-22(35-21)34-12-14-6-2-1-3-7-14)13-33-20-26-19(28-29-20)27-24-11-15-10-23-17-9-5-4-8-16(15)17/h1-11,23H,12-13H2,(H,25,30,32)(H2,26,27,28,29)/b24-11+. The molecule has 0 aliphatic carbocycles. The first-order chi connectivity index (χ1) is 17.2. The lowest BCUT2D eigenvalue weighted by molar-refractivity contribution is -0.113. The summed E-state index contributed by atoms with van der Waals surface area (Å²) in [4.78, 5) is 19.8. The topological polar surface area (TPSA) is 137 Å². The third-order valence-corrected chi connectivity index (χ3v) is 7.54. The van der Waals surface area contributed by atoms with E-state index in [0.29, 0.717) is 16.2 Å². The molecule has 13 heteroatoms. The molecule has 0 saturated heterocycles. The van der Waals surface area contributed by atoms with Gasteiger partial charge in [0, 0.05) is 28.4 Å². The summed E-state index contributed by atoms with van der Waals surface area (Å²) in [7, 11) is 0. The Morgan fingerprint density at radius 2 is 1.94 bits per heavy atom. The van der Waals surface area contributed by atoms with Crippen LogP contribution in [0.15, 0.2) is 75.4 Å². The number of fused-ring (bicyclic) bond motifs is 1. The number of amides is 1. The maximum Gasteiger partial charge on any atom is 0.240 e. The van der Waals surface area contributed by atoms with Crippen LogP contribution in [-0.2, 0) is 10.5 Å². The van der Waals surface area contributed by atoms with Gasteiger partial charge in [0.25, 0.3) is 0 Å². The van der Waals surface area contributed by atoms with Gasteiger partial charge in [-0.25, -0.2) is 10.5 Å². The SMILES string of the molecule is O=C(CSc1n[nH]c(N/N=C/c2c[nH]c3ccccc23)n1)Nc1nnc(SCc2ccccc2)s1. The van der Waals surface area contributed by atoms with E-state index in [1.807, 2.05) is 48.7 Å². The molecule has 0 aliphatic rings. The maximum atomic E-state index is 12.3. The van der Waals surface area contributed by atoms with Crippen LogP contribution in [0.25, 0.3) is 10.9 Å². The van der Waals surface area contributed by atoms with Crippen molar-refractivity contribution in [1.29, 1.82) is 0 Å². The van der Waals surface area contributed by atoms with E-state index < -0.39 is 0 Å². The number of aromatic amines is 2. The minimum Gasteiger partial charge on any atom is -0.361 e. The van der Waals surface area contributed by atoms with Gasteiger partial charge in [-0.2, -0.15) is 10.1 Å². The van der Waals surface area contributed by atoms with Gasteiger partial charge in [-0.15, -0.1) is 15.3 Å². The molecule has 5 aromatic rings. The van der Waals surface area contributed by atoms with Gasteiger partial charge in [-0.05, 0) is 11.6 Å². The highest BCUT2D eigenvalue weighted by atomic mass is 32.2. The van der Waals surface area contributed by atoms with E-state index in [1.165, 1.54) is 28.7 Å². The molecule has 0 spiro atoms. The molecule has 0 fully saturated rings. The van der Waals surface area contributed by atoms with Gasteiger partial charge in [-0.1, -0.05) is 83.4 Å². The van der Waals surface area contributed by atoms with E-state index in [-0.39, 0.29) is 11.7 Å². The fourth-order valence-electron chi connectivity index (χ4n) is 3.05. The van der Waals surface area contributed by atoms with Crippen molar-refractivity contribution in [3.05, 3.63) is 71.9 Å². The van der Waals surface area contributed by atoms with Crippen LogP contribution in [-0.4, -0.2) is 48.2 Å². The van der Waals surface area contributed by atoms with Crippen LogP contribution in [0.1, 0.15) is 11.1 Å². The molecule has 0 aliphatic heterocycles. The molecule has 1 amide bonds. The Hall–Kier alpha value is -3.68. The highest BCUT2D eigenvalue weighted by Gasteiger charge is 2.11. The van der Waals surface area contributed by atoms with Gasteiger partial charge < -0.3 is 4.98 Å². The number of hydrogen-bond acceptors (Lipinski definition) is 10. The van der Waals surface area contributed by atoms with Crippen molar-refractivity contribution in [2.24, 2.45) is 5.10 Å². The number of carbonyl (C=O) groups excluding carboxylic acids is 1. The van der Waals surface area contributed by atoms with Crippen molar-refractivity contribution in [1.82, 2.24) is 30.4 Å². The van der Waals surface area contributed by atoms with Crippen molar-refractivity contribution in [2.45, 2.75) is 15.2 Å². The molecule has 2 aromatic carbocycles. The van der Waals surface area contributed by atoms with Gasteiger partial charge >= 0.3 is 0 Å². The van der Waals surface area contributed by atoms with E-state index in [1.54, 1.807) is 18.0 Å². The number of anilines is 2. The second-order valence-electron chi connectivity index (χ2n) is 7.11. The quantitative estimate of drug-likeness (QED) is 0.0905. The number of para-hydroxylation sites is 1. The molecule has 0 unspecified atom stereocenters. The van der Waals surface area contributed by atoms with Crippen molar-refractivity contribution in [2.75, 3.05) is 16.5 Å². The zero-order valence-corrected chi connectivity index (χ0v) is 20.6. The zero-order valence-electron chi connectivity index (χ0n) is 18.1. The summed E-state index contributed by atoms with van der Waals surface area (Å²) >= 11 is 4.14. The molecule has 0 atom stereocenters. The molecular weight excluding hydrogens is 503 g/mol. The predicted molar refractivity (Wildman–Crippen MR) is 141 cm³/mol. The maximum absolute atomic E-state index is 12.3. The Balaban J connectivity index is 1.06. The van der Waals surface area contributed by atoms with Crippen LogP contribution in [0.3, 0.4) is 0 Å². The Morgan fingerprint density at radius 1 is 1.09 bits per heavy atom. The molecule has 35 heavy (non-hydrogen) atoms. The summed E-state index contributed by atoms with van der Waals surface area (Å²) in [5.41, 5.74) is 6.02. The fraction of sp³-hybridized carbons (Fsp3) is 0.0909. The number of aromatic nitrogens is 6. The van der Waals surface area contributed by atoms with Crippen LogP contribution >= 0.6 is 34.9 Å². The third-order valence-electron chi connectivity index (χ3n) is 4.65. The van der Waals surface area contributed by atoms with Crippen molar-refractivity contribution in [3.8, 4) is 0 Å². The van der Waals surface area contributed by atoms with Crippen molar-refractivity contribution >= 4 is 69.0 Å². The lowest BCUT2D eigenvalue weighted by Gasteiger charge is -1.98. The zero-order chi connectivity index (χ0) is 23.9. The average molecular weight is 522 g/mol. The first-order valence-corrected chi connectivity index (χ1v) is 13.2. The van der Waals surface area contributed by atoms with E-state index in [2.05, 4.69) is 58.3 Å². The van der Waals surface area contributed by atoms with Crippen molar-refractivity contribution < 1.29 is 4.79 Å². The van der Waals surface area contributed by atoms with Crippen LogP contribution < -0.4 is 10.7 Å². The Labute approximate surface area is 212 Å². The summed E-state index contributed by atoms with van der Waals surface area (Å²) < 4.78 is 0.801. The largest absolute Gasteiger partial charge is 0.361 e. The normalized spacial score (nSPS) is 11.3. The van der Waals surface area contributed by atoms with Crippen LogP contribution in [0.2, 0.25) is 0 Å². The van der Waals surface area contributed by atoms with Crippen LogP contribution in [0.4, 0.5) is 11.1 Å². The van der Waals surface area contributed by atoms with Gasteiger partial charge in [0.05, 0.1) is 12.0 Å². The summed E-state index contributed by atoms with van der Waals surface area (Å²) in [6.45, 7) is 0. The number of nitrogens with zero attached hydrogens (tertiary/aromatic N) is 5. The average Bonchev–Trinajstić information content (AvgIpc) is 3.63. The Bertz CT molecular complexity index is 1440. The number of nitrogens with one attached hydrogen (secondary N) is 4. The van der Waals surface area contributed by atoms with Crippen LogP contribution in [0, 0.1) is 0 Å². The Morgan fingerprint density at radius 3 is 2.86 bits per heavy atom. The molecule has 0 bridgehead atoms. The highest BCUT2D eigenvalue weighted by molar-refractivity contribution is 8.00. The van der Waals surface area contributed by atoms with E-state index >= 15 is 0 Å². The minimum absolute atomic E-state index is 0.141. The second-order valence-corrected chi connectivity index (χ2v) is 10.3. The van der Waals surface area contributed by atoms with Gasteiger partial charge in [0.15, 0.2) is 4.34 Å². The van der Waals surface area contributed by atoms with Crippen LogP contribution in [0.5, 0.6) is 0 Å². The predicted octanol–water partition coefficient (Wildman–Crippen LogP) is 4.61. The minimum atomic E-state index is -0.206. The molecule has 10 nitrogen and oxygen atoms in total. The first kappa shape index (κ1) is 23.1. The van der Waals surface area contributed by atoms with E-state index in [4.69, 9.17) is 0 Å². The van der Waals surface area contributed by atoms with Gasteiger partial charge in [0.2, 0.25) is 22.1 Å². The lowest BCUT2D eigenvalue weighted by atomic mass is 10.2. The summed E-state index contributed by atoms with van der Waals surface area (Å²) in [6, 6.07) is 18.1. The lowest BCUT2D eigenvalue weighted by Crippen LogP contribution is -2.13. The fourth-order valence-corrected chi connectivity index (χ4v) is 5.37. The first-order valence-electron chi connectivity index (χ1n) is 10.4. The number of hydrazone groups is 1. The third kappa shape index (κ3) is 6.26. The molecule has 3 heterocycles. The molecule has 176 valence electrons. The number of benzene rings is 2. The Kier molecular flexibility index (Phi) is 7.36. The monoisotopic (exact) mass is 521 g/mol. The van der Waals surface area contributed by atoms with Crippen molar-refractivity contribution in [3.63, 3.8) is 0 Å². The molecule has 4 N–H and O–H groups in total. The van der Waals surface area contributed by atoms with Gasteiger partial charge in [-0.3, -0.25) is 10.1 Å². The number of H-pyrrole nitrogens is 2. The summed E-state index contributed by atoms with van der Waals surface area (Å²) in [6.07, 6.45) is 3.59.